The molecule has 35 heavy (non-hydrogen) atoms. The van der Waals surface area contributed by atoms with Crippen molar-refractivity contribution in [2.45, 2.75) is 33.2 Å². The third-order valence-corrected chi connectivity index (χ3v) is 6.90. The van der Waals surface area contributed by atoms with Gasteiger partial charge in [-0.2, -0.15) is 5.10 Å². The molecule has 1 amide bonds. The predicted molar refractivity (Wildman–Crippen MR) is 132 cm³/mol. The van der Waals surface area contributed by atoms with Gasteiger partial charge >= 0.3 is 0 Å². The van der Waals surface area contributed by atoms with Crippen LogP contribution in [0.5, 0.6) is 17.2 Å². The first-order valence-corrected chi connectivity index (χ1v) is 12.1. The average Bonchev–Trinajstić information content (AvgIpc) is 3.46. The normalized spacial score (nSPS) is 15.5. The zero-order valence-corrected chi connectivity index (χ0v) is 20.6. The summed E-state index contributed by atoms with van der Waals surface area (Å²) in [5, 5.41) is 4.73. The second kappa shape index (κ2) is 10.00. The van der Waals surface area contributed by atoms with Gasteiger partial charge in [0.15, 0.2) is 11.5 Å². The predicted octanol–water partition coefficient (Wildman–Crippen LogP) is 3.50. The Labute approximate surface area is 206 Å². The van der Waals surface area contributed by atoms with E-state index in [-0.39, 0.29) is 5.91 Å². The van der Waals surface area contributed by atoms with Crippen LogP contribution in [0.25, 0.3) is 5.69 Å². The minimum Gasteiger partial charge on any atom is -0.497 e. The van der Waals surface area contributed by atoms with E-state index in [1.807, 2.05) is 46.8 Å². The number of hydrogen-bond acceptors (Lipinski definition) is 6. The minimum absolute atomic E-state index is 0.209. The van der Waals surface area contributed by atoms with E-state index < -0.39 is 0 Å². The number of hydrogen-bond donors (Lipinski definition) is 0. The Kier molecular flexibility index (Phi) is 6.63. The number of rotatable bonds is 7. The lowest BCUT2D eigenvalue weighted by molar-refractivity contribution is -0.133. The van der Waals surface area contributed by atoms with E-state index in [9.17, 15) is 4.79 Å². The van der Waals surface area contributed by atoms with Gasteiger partial charge < -0.3 is 19.1 Å². The van der Waals surface area contributed by atoms with Gasteiger partial charge in [0.2, 0.25) is 12.7 Å². The summed E-state index contributed by atoms with van der Waals surface area (Å²) in [6.45, 7) is 8.46. The van der Waals surface area contributed by atoms with Crippen LogP contribution in [0.2, 0.25) is 0 Å². The quantitative estimate of drug-likeness (QED) is 0.520. The zero-order chi connectivity index (χ0) is 24.4. The molecule has 8 nitrogen and oxygen atoms in total. The van der Waals surface area contributed by atoms with Crippen LogP contribution in [0.15, 0.2) is 42.5 Å². The van der Waals surface area contributed by atoms with Gasteiger partial charge in [0.1, 0.15) is 5.75 Å². The van der Waals surface area contributed by atoms with Crippen molar-refractivity contribution < 1.29 is 19.0 Å². The Morgan fingerprint density at radius 1 is 1.03 bits per heavy atom. The van der Waals surface area contributed by atoms with Gasteiger partial charge in [-0.15, -0.1) is 0 Å². The molecule has 1 aromatic heterocycles. The van der Waals surface area contributed by atoms with Crippen LogP contribution in [0.1, 0.15) is 28.9 Å². The van der Waals surface area contributed by atoms with Crippen LogP contribution in [0, 0.1) is 13.8 Å². The Bertz CT molecular complexity index is 1210. The Morgan fingerprint density at radius 2 is 1.83 bits per heavy atom. The summed E-state index contributed by atoms with van der Waals surface area (Å²) >= 11 is 0. The van der Waals surface area contributed by atoms with E-state index in [1.54, 1.807) is 7.11 Å². The van der Waals surface area contributed by atoms with Crippen LogP contribution in [-0.4, -0.2) is 65.6 Å². The van der Waals surface area contributed by atoms with Gasteiger partial charge in [0.25, 0.3) is 0 Å². The summed E-state index contributed by atoms with van der Waals surface area (Å²) in [6.07, 6.45) is 1.19. The number of benzene rings is 2. The average molecular weight is 477 g/mol. The third kappa shape index (κ3) is 4.98. The maximum atomic E-state index is 13.0. The van der Waals surface area contributed by atoms with Gasteiger partial charge in [-0.3, -0.25) is 9.69 Å². The van der Waals surface area contributed by atoms with E-state index in [0.717, 1.165) is 72.6 Å². The molecule has 0 N–H and O–H groups in total. The molecule has 0 bridgehead atoms. The summed E-state index contributed by atoms with van der Waals surface area (Å²) in [6, 6.07) is 14.0. The molecule has 2 aliphatic rings. The smallest absolute Gasteiger partial charge is 0.231 e. The van der Waals surface area contributed by atoms with Gasteiger partial charge in [0, 0.05) is 50.9 Å². The Morgan fingerprint density at radius 3 is 2.63 bits per heavy atom. The molecule has 0 radical (unpaired) electrons. The lowest BCUT2D eigenvalue weighted by atomic mass is 10.1. The number of fused-ring (bicyclic) bond motifs is 1. The molecular weight excluding hydrogens is 444 g/mol. The largest absolute Gasteiger partial charge is 0.497 e. The first-order chi connectivity index (χ1) is 17.0. The second-order valence-corrected chi connectivity index (χ2v) is 9.11. The Hall–Kier alpha value is -3.52. The van der Waals surface area contributed by atoms with E-state index in [0.29, 0.717) is 19.6 Å². The van der Waals surface area contributed by atoms with E-state index in [1.165, 1.54) is 5.56 Å². The maximum Gasteiger partial charge on any atom is 0.231 e. The number of amides is 1. The molecule has 0 saturated carbocycles. The third-order valence-electron chi connectivity index (χ3n) is 6.90. The number of aryl methyl sites for hydroxylation is 1. The molecule has 0 spiro atoms. The summed E-state index contributed by atoms with van der Waals surface area (Å²) in [5.74, 6) is 2.63. The Balaban J connectivity index is 1.15. The highest BCUT2D eigenvalue weighted by molar-refractivity contribution is 5.76. The highest BCUT2D eigenvalue weighted by Gasteiger charge is 2.23. The number of nitrogens with zero attached hydrogens (tertiary/aromatic N) is 4. The van der Waals surface area contributed by atoms with Crippen molar-refractivity contribution in [2.24, 2.45) is 0 Å². The van der Waals surface area contributed by atoms with Crippen molar-refractivity contribution in [2.75, 3.05) is 40.1 Å². The van der Waals surface area contributed by atoms with Crippen LogP contribution in [-0.2, 0) is 17.8 Å². The summed E-state index contributed by atoms with van der Waals surface area (Å²) in [5.41, 5.74) is 5.33. The molecule has 2 aromatic carbocycles. The van der Waals surface area contributed by atoms with Gasteiger partial charge in [-0.25, -0.2) is 4.68 Å². The number of aromatic nitrogens is 2. The highest BCUT2D eigenvalue weighted by Crippen LogP contribution is 2.33. The van der Waals surface area contributed by atoms with Crippen LogP contribution < -0.4 is 14.2 Å². The van der Waals surface area contributed by atoms with Gasteiger partial charge in [0.05, 0.1) is 18.5 Å². The lowest BCUT2D eigenvalue weighted by Crippen LogP contribution is -2.48. The molecular formula is C27H32N4O4. The number of carbonyl (C=O) groups is 1. The van der Waals surface area contributed by atoms with Gasteiger partial charge in [-0.1, -0.05) is 12.1 Å². The van der Waals surface area contributed by atoms with Crippen molar-refractivity contribution in [1.82, 2.24) is 19.6 Å². The summed E-state index contributed by atoms with van der Waals surface area (Å²) < 4.78 is 18.2. The summed E-state index contributed by atoms with van der Waals surface area (Å²) in [4.78, 5) is 17.4. The molecule has 3 aromatic rings. The fraction of sp³-hybridized carbons (Fsp3) is 0.407. The summed E-state index contributed by atoms with van der Waals surface area (Å²) in [7, 11) is 1.66. The second-order valence-electron chi connectivity index (χ2n) is 9.11. The van der Waals surface area contributed by atoms with Crippen LogP contribution in [0.3, 0.4) is 0 Å². The van der Waals surface area contributed by atoms with Gasteiger partial charge in [-0.05, 0) is 55.7 Å². The molecule has 0 unspecified atom stereocenters. The van der Waals surface area contributed by atoms with E-state index in [2.05, 4.69) is 24.0 Å². The zero-order valence-electron chi connectivity index (χ0n) is 20.6. The molecule has 5 rings (SSSR count). The van der Waals surface area contributed by atoms with E-state index >= 15 is 0 Å². The molecule has 1 fully saturated rings. The van der Waals surface area contributed by atoms with Crippen molar-refractivity contribution in [3.8, 4) is 22.9 Å². The first kappa shape index (κ1) is 23.2. The van der Waals surface area contributed by atoms with Crippen molar-refractivity contribution in [3.63, 3.8) is 0 Å². The minimum atomic E-state index is 0.209. The SMILES string of the molecule is COc1cccc(-n2nc(C)c(CCC(=O)N3CCN(Cc4ccc5c(c4)OCO5)CC3)c2C)c1. The number of methoxy groups -OCH3 is 1. The van der Waals surface area contributed by atoms with Crippen LogP contribution >= 0.6 is 0 Å². The van der Waals surface area contributed by atoms with Crippen LogP contribution in [0.4, 0.5) is 0 Å². The molecule has 3 heterocycles. The highest BCUT2D eigenvalue weighted by atomic mass is 16.7. The molecule has 0 aliphatic carbocycles. The number of ether oxygens (including phenoxy) is 3. The first-order valence-electron chi connectivity index (χ1n) is 12.1. The standard InChI is InChI=1S/C27H32N4O4/c1-19-24(20(2)31(28-19)22-5-4-6-23(16-22)33-3)8-10-27(32)30-13-11-29(12-14-30)17-21-7-9-25-26(15-21)35-18-34-25/h4-7,9,15-16H,8,10-14,17-18H2,1-3H3. The molecule has 2 aliphatic heterocycles. The lowest BCUT2D eigenvalue weighted by Gasteiger charge is -2.35. The van der Waals surface area contributed by atoms with Crippen molar-refractivity contribution in [3.05, 3.63) is 65.0 Å². The van der Waals surface area contributed by atoms with E-state index in [4.69, 9.17) is 19.3 Å². The number of piperazine rings is 1. The maximum absolute atomic E-state index is 13.0. The van der Waals surface area contributed by atoms with Crippen molar-refractivity contribution >= 4 is 5.91 Å². The molecule has 184 valence electrons. The molecule has 0 atom stereocenters. The molecule has 1 saturated heterocycles. The number of carbonyl (C=O) groups excluding carboxylic acids is 1. The fourth-order valence-electron chi connectivity index (χ4n) is 4.87. The van der Waals surface area contributed by atoms with Crippen molar-refractivity contribution in [1.29, 1.82) is 0 Å². The molecule has 8 heteroatoms. The monoisotopic (exact) mass is 476 g/mol. The topological polar surface area (TPSA) is 69.1 Å². The fourth-order valence-corrected chi connectivity index (χ4v) is 4.87.